The SMILES string of the molecule is CCCOC1CCCN(S(=O)(=O)c2c(Br)nnn2C)C1. The number of aryl methyl sites for hydroxylation is 1. The van der Waals surface area contributed by atoms with Gasteiger partial charge in [-0.15, -0.1) is 5.10 Å². The quantitative estimate of drug-likeness (QED) is 0.781. The second-order valence-corrected chi connectivity index (χ2v) is 7.41. The summed E-state index contributed by atoms with van der Waals surface area (Å²) in [4.78, 5) is 0. The molecule has 1 unspecified atom stereocenters. The molecule has 20 heavy (non-hydrogen) atoms. The zero-order chi connectivity index (χ0) is 14.8. The molecule has 0 bridgehead atoms. The maximum absolute atomic E-state index is 12.6. The van der Waals surface area contributed by atoms with Crippen LogP contribution in [0.5, 0.6) is 0 Å². The average molecular weight is 367 g/mol. The standard InChI is InChI=1S/C11H19BrN4O3S/c1-3-7-19-9-5-4-6-16(8-9)20(17,18)11-10(12)13-14-15(11)2/h9H,3-8H2,1-2H3. The maximum Gasteiger partial charge on any atom is 0.263 e. The van der Waals surface area contributed by atoms with E-state index in [1.54, 1.807) is 7.05 Å². The van der Waals surface area contributed by atoms with Gasteiger partial charge in [0.25, 0.3) is 10.0 Å². The van der Waals surface area contributed by atoms with Crippen molar-refractivity contribution >= 4 is 26.0 Å². The summed E-state index contributed by atoms with van der Waals surface area (Å²) in [5.74, 6) is 0. The highest BCUT2D eigenvalue weighted by molar-refractivity contribution is 9.10. The Hall–Kier alpha value is -0.510. The molecule has 1 saturated heterocycles. The first-order valence-corrected chi connectivity index (χ1v) is 8.87. The zero-order valence-electron chi connectivity index (χ0n) is 11.6. The molecule has 1 aliphatic heterocycles. The Kier molecular flexibility index (Phi) is 5.16. The predicted octanol–water partition coefficient (Wildman–Crippen LogP) is 1.16. The molecular weight excluding hydrogens is 348 g/mol. The van der Waals surface area contributed by atoms with Gasteiger partial charge < -0.3 is 4.74 Å². The third-order valence-corrected chi connectivity index (χ3v) is 5.97. The van der Waals surface area contributed by atoms with Gasteiger partial charge in [-0.25, -0.2) is 13.1 Å². The smallest absolute Gasteiger partial charge is 0.263 e. The molecule has 114 valence electrons. The van der Waals surface area contributed by atoms with Crippen molar-refractivity contribution in [3.05, 3.63) is 4.60 Å². The lowest BCUT2D eigenvalue weighted by Gasteiger charge is -2.31. The molecule has 9 heteroatoms. The van der Waals surface area contributed by atoms with Crippen LogP contribution in [-0.4, -0.2) is 53.5 Å². The molecule has 0 aliphatic carbocycles. The number of ether oxygens (including phenoxy) is 1. The number of hydrogen-bond donors (Lipinski definition) is 0. The van der Waals surface area contributed by atoms with Crippen LogP contribution >= 0.6 is 15.9 Å². The normalized spacial score (nSPS) is 21.2. The van der Waals surface area contributed by atoms with E-state index in [2.05, 4.69) is 26.2 Å². The highest BCUT2D eigenvalue weighted by Gasteiger charge is 2.34. The van der Waals surface area contributed by atoms with Crippen LogP contribution in [0.25, 0.3) is 0 Å². The summed E-state index contributed by atoms with van der Waals surface area (Å²) in [6.07, 6.45) is 2.60. The van der Waals surface area contributed by atoms with Crippen LogP contribution in [0.15, 0.2) is 9.63 Å². The van der Waals surface area contributed by atoms with Crippen LogP contribution in [-0.2, 0) is 21.8 Å². The summed E-state index contributed by atoms with van der Waals surface area (Å²) >= 11 is 3.15. The Bertz CT molecular complexity index is 541. The molecule has 2 heterocycles. The molecule has 0 radical (unpaired) electrons. The molecule has 0 aromatic carbocycles. The highest BCUT2D eigenvalue weighted by atomic mass is 79.9. The van der Waals surface area contributed by atoms with E-state index in [4.69, 9.17) is 4.74 Å². The monoisotopic (exact) mass is 366 g/mol. The maximum atomic E-state index is 12.6. The molecule has 1 aromatic heterocycles. The average Bonchev–Trinajstić information content (AvgIpc) is 2.76. The van der Waals surface area contributed by atoms with Gasteiger partial charge in [0.1, 0.15) is 0 Å². The Morgan fingerprint density at radius 2 is 2.25 bits per heavy atom. The number of piperidine rings is 1. The molecular formula is C11H19BrN4O3S. The lowest BCUT2D eigenvalue weighted by atomic mass is 10.1. The van der Waals surface area contributed by atoms with Crippen LogP contribution in [0.4, 0.5) is 0 Å². The van der Waals surface area contributed by atoms with Crippen LogP contribution in [0.3, 0.4) is 0 Å². The lowest BCUT2D eigenvalue weighted by molar-refractivity contribution is 0.0192. The minimum Gasteiger partial charge on any atom is -0.377 e. The highest BCUT2D eigenvalue weighted by Crippen LogP contribution is 2.25. The number of aromatic nitrogens is 3. The summed E-state index contributed by atoms with van der Waals surface area (Å²) in [5, 5.41) is 7.56. The number of hydrogen-bond acceptors (Lipinski definition) is 5. The summed E-state index contributed by atoms with van der Waals surface area (Å²) in [6.45, 7) is 3.59. The molecule has 0 N–H and O–H groups in total. The first-order valence-electron chi connectivity index (χ1n) is 6.63. The van der Waals surface area contributed by atoms with E-state index in [1.165, 1.54) is 8.99 Å². The van der Waals surface area contributed by atoms with Crippen molar-refractivity contribution in [1.29, 1.82) is 0 Å². The summed E-state index contributed by atoms with van der Waals surface area (Å²) in [6, 6.07) is 0. The van der Waals surface area contributed by atoms with E-state index in [0.29, 0.717) is 19.7 Å². The van der Waals surface area contributed by atoms with Crippen LogP contribution < -0.4 is 0 Å². The van der Waals surface area contributed by atoms with Gasteiger partial charge in [0.2, 0.25) is 5.03 Å². The predicted molar refractivity (Wildman–Crippen MR) is 76.7 cm³/mol. The number of rotatable bonds is 5. The topological polar surface area (TPSA) is 77.3 Å². The minimum atomic E-state index is -3.59. The van der Waals surface area contributed by atoms with E-state index < -0.39 is 10.0 Å². The first-order chi connectivity index (χ1) is 9.46. The van der Waals surface area contributed by atoms with Crippen LogP contribution in [0.1, 0.15) is 26.2 Å². The van der Waals surface area contributed by atoms with Gasteiger partial charge in [0, 0.05) is 26.7 Å². The molecule has 7 nitrogen and oxygen atoms in total. The number of nitrogens with zero attached hydrogens (tertiary/aromatic N) is 4. The van der Waals surface area contributed by atoms with Crippen molar-refractivity contribution in [3.63, 3.8) is 0 Å². The van der Waals surface area contributed by atoms with Crippen molar-refractivity contribution in [2.75, 3.05) is 19.7 Å². The zero-order valence-corrected chi connectivity index (χ0v) is 14.0. The van der Waals surface area contributed by atoms with Gasteiger partial charge in [0.15, 0.2) is 4.60 Å². The minimum absolute atomic E-state index is 0.0292. The third kappa shape index (κ3) is 3.21. The van der Waals surface area contributed by atoms with Gasteiger partial charge in [-0.3, -0.25) is 0 Å². The molecule has 2 rings (SSSR count). The van der Waals surface area contributed by atoms with Gasteiger partial charge in [-0.2, -0.15) is 4.31 Å². The van der Waals surface area contributed by atoms with Crippen molar-refractivity contribution in [2.24, 2.45) is 7.05 Å². The third-order valence-electron chi connectivity index (χ3n) is 3.22. The Balaban J connectivity index is 2.17. The van der Waals surface area contributed by atoms with Gasteiger partial charge in [-0.1, -0.05) is 12.1 Å². The molecule has 1 fully saturated rings. The van der Waals surface area contributed by atoms with E-state index >= 15 is 0 Å². The van der Waals surface area contributed by atoms with E-state index in [0.717, 1.165) is 19.3 Å². The van der Waals surface area contributed by atoms with Crippen LogP contribution in [0.2, 0.25) is 0 Å². The second-order valence-electron chi connectivity index (χ2n) is 4.81. The lowest BCUT2D eigenvalue weighted by Crippen LogP contribution is -2.43. The molecule has 0 amide bonds. The summed E-state index contributed by atoms with van der Waals surface area (Å²) in [5.41, 5.74) is 0. The van der Waals surface area contributed by atoms with E-state index in [-0.39, 0.29) is 15.7 Å². The fourth-order valence-electron chi connectivity index (χ4n) is 2.26. The summed E-state index contributed by atoms with van der Waals surface area (Å²) < 4.78 is 34.0. The Morgan fingerprint density at radius 3 is 2.85 bits per heavy atom. The molecule has 1 aliphatic rings. The fraction of sp³-hybridized carbons (Fsp3) is 0.818. The van der Waals surface area contributed by atoms with E-state index in [9.17, 15) is 8.42 Å². The Labute approximate surface area is 127 Å². The Morgan fingerprint density at radius 1 is 1.50 bits per heavy atom. The van der Waals surface area contributed by atoms with Crippen LogP contribution in [0, 0.1) is 0 Å². The van der Waals surface area contributed by atoms with Gasteiger partial charge in [0.05, 0.1) is 6.10 Å². The largest absolute Gasteiger partial charge is 0.377 e. The van der Waals surface area contributed by atoms with Crippen molar-refractivity contribution in [2.45, 2.75) is 37.3 Å². The van der Waals surface area contributed by atoms with Gasteiger partial charge in [-0.05, 0) is 35.2 Å². The number of sulfonamides is 1. The molecule has 1 aromatic rings. The van der Waals surface area contributed by atoms with Crippen molar-refractivity contribution in [3.8, 4) is 0 Å². The molecule has 0 saturated carbocycles. The summed E-state index contributed by atoms with van der Waals surface area (Å²) in [7, 11) is -2.02. The number of halogens is 1. The molecule has 0 spiro atoms. The first kappa shape index (κ1) is 15.9. The second kappa shape index (κ2) is 6.50. The molecule has 1 atom stereocenters. The fourth-order valence-corrected chi connectivity index (χ4v) is 4.80. The van der Waals surface area contributed by atoms with Crippen molar-refractivity contribution < 1.29 is 13.2 Å². The van der Waals surface area contributed by atoms with Gasteiger partial charge >= 0.3 is 0 Å². The van der Waals surface area contributed by atoms with Crippen molar-refractivity contribution in [1.82, 2.24) is 19.3 Å². The van der Waals surface area contributed by atoms with E-state index in [1.807, 2.05) is 6.92 Å².